The number of rotatable bonds is 4. The number of phenols is 1. The van der Waals surface area contributed by atoms with Gasteiger partial charge in [-0.05, 0) is 24.5 Å². The number of benzene rings is 1. The highest BCUT2D eigenvalue weighted by atomic mass is 16.3. The number of aryl methyl sites for hydroxylation is 1. The molecule has 0 aliphatic heterocycles. The van der Waals surface area contributed by atoms with Gasteiger partial charge in [-0.15, -0.1) is 0 Å². The summed E-state index contributed by atoms with van der Waals surface area (Å²) in [6.07, 6.45) is 3.24. The highest BCUT2D eigenvalue weighted by molar-refractivity contribution is 5.58. The fourth-order valence-electron chi connectivity index (χ4n) is 1.36. The number of unbranched alkanes of at least 4 members (excludes halogenated alkanes) is 1. The van der Waals surface area contributed by atoms with Crippen molar-refractivity contribution in [1.82, 2.24) is 0 Å². The van der Waals surface area contributed by atoms with Gasteiger partial charge in [-0.2, -0.15) is 0 Å². The van der Waals surface area contributed by atoms with Gasteiger partial charge in [0.1, 0.15) is 5.75 Å². The summed E-state index contributed by atoms with van der Waals surface area (Å²) in [6, 6.07) is 5.83. The first-order valence-electron chi connectivity index (χ1n) is 4.78. The molecule has 1 rings (SSSR count). The van der Waals surface area contributed by atoms with Gasteiger partial charge in [-0.1, -0.05) is 25.5 Å². The lowest BCUT2D eigenvalue weighted by atomic mass is 10.1. The summed E-state index contributed by atoms with van der Waals surface area (Å²) in [6.45, 7) is 2.15. The highest BCUT2D eigenvalue weighted by Gasteiger charge is 2.03. The van der Waals surface area contributed by atoms with Crippen molar-refractivity contribution in [2.75, 3.05) is 12.4 Å². The Hall–Kier alpha value is -1.18. The van der Waals surface area contributed by atoms with E-state index in [9.17, 15) is 5.11 Å². The Labute approximate surface area is 79.6 Å². The second-order valence-electron chi connectivity index (χ2n) is 3.17. The summed E-state index contributed by atoms with van der Waals surface area (Å²) in [5.41, 5.74) is 1.85. The van der Waals surface area contributed by atoms with E-state index in [1.54, 1.807) is 0 Å². The lowest BCUT2D eigenvalue weighted by molar-refractivity contribution is 0.469. The molecule has 13 heavy (non-hydrogen) atoms. The fraction of sp³-hybridized carbons (Fsp3) is 0.455. The molecule has 0 radical (unpaired) electrons. The summed E-state index contributed by atoms with van der Waals surface area (Å²) in [5.74, 6) is 0.401. The molecular formula is C11H17NO. The van der Waals surface area contributed by atoms with Gasteiger partial charge >= 0.3 is 0 Å². The third kappa shape index (κ3) is 2.38. The van der Waals surface area contributed by atoms with Crippen LogP contribution < -0.4 is 5.32 Å². The van der Waals surface area contributed by atoms with Crippen molar-refractivity contribution in [3.8, 4) is 5.75 Å². The van der Waals surface area contributed by atoms with Gasteiger partial charge in [0, 0.05) is 7.05 Å². The molecule has 72 valence electrons. The minimum Gasteiger partial charge on any atom is -0.505 e. The number of nitrogens with one attached hydrogen (secondary N) is 1. The Bertz CT molecular complexity index is 271. The maximum Gasteiger partial charge on any atom is 0.141 e. The van der Waals surface area contributed by atoms with Crippen LogP contribution in [0, 0.1) is 0 Å². The van der Waals surface area contributed by atoms with Gasteiger partial charge < -0.3 is 10.4 Å². The average Bonchev–Trinajstić information content (AvgIpc) is 2.16. The smallest absolute Gasteiger partial charge is 0.141 e. The van der Waals surface area contributed by atoms with Crippen molar-refractivity contribution in [1.29, 1.82) is 0 Å². The molecule has 0 aliphatic carbocycles. The molecule has 1 aromatic rings. The van der Waals surface area contributed by atoms with E-state index in [0.717, 1.165) is 30.5 Å². The van der Waals surface area contributed by atoms with E-state index >= 15 is 0 Å². The van der Waals surface area contributed by atoms with Crippen LogP contribution in [-0.4, -0.2) is 12.2 Å². The van der Waals surface area contributed by atoms with E-state index in [2.05, 4.69) is 12.2 Å². The number of hydrogen-bond acceptors (Lipinski definition) is 2. The molecule has 2 N–H and O–H groups in total. The third-order valence-corrected chi connectivity index (χ3v) is 2.19. The van der Waals surface area contributed by atoms with E-state index in [-0.39, 0.29) is 0 Å². The van der Waals surface area contributed by atoms with E-state index in [4.69, 9.17) is 0 Å². The summed E-state index contributed by atoms with van der Waals surface area (Å²) >= 11 is 0. The largest absolute Gasteiger partial charge is 0.505 e. The maximum atomic E-state index is 9.75. The van der Waals surface area contributed by atoms with Crippen LogP contribution in [0.2, 0.25) is 0 Å². The van der Waals surface area contributed by atoms with Crippen molar-refractivity contribution in [3.63, 3.8) is 0 Å². The molecule has 2 heteroatoms. The highest BCUT2D eigenvalue weighted by Crippen LogP contribution is 2.27. The molecule has 2 nitrogen and oxygen atoms in total. The van der Waals surface area contributed by atoms with Gasteiger partial charge in [-0.3, -0.25) is 0 Å². The van der Waals surface area contributed by atoms with E-state index in [1.165, 1.54) is 0 Å². The minimum absolute atomic E-state index is 0.401. The number of para-hydroxylation sites is 1. The van der Waals surface area contributed by atoms with Crippen molar-refractivity contribution in [2.45, 2.75) is 26.2 Å². The monoisotopic (exact) mass is 179 g/mol. The van der Waals surface area contributed by atoms with Crippen LogP contribution in [0.5, 0.6) is 5.75 Å². The molecule has 0 unspecified atom stereocenters. The number of aromatic hydroxyl groups is 1. The Kier molecular flexibility index (Phi) is 3.62. The van der Waals surface area contributed by atoms with Crippen LogP contribution in [0.15, 0.2) is 18.2 Å². The Morgan fingerprint density at radius 3 is 2.77 bits per heavy atom. The van der Waals surface area contributed by atoms with Crippen molar-refractivity contribution < 1.29 is 5.11 Å². The maximum absolute atomic E-state index is 9.75. The lowest BCUT2D eigenvalue weighted by Gasteiger charge is -2.08. The van der Waals surface area contributed by atoms with Gasteiger partial charge in [0.15, 0.2) is 0 Å². The summed E-state index contributed by atoms with van der Waals surface area (Å²) in [5, 5.41) is 12.7. The number of hydrogen-bond donors (Lipinski definition) is 2. The Morgan fingerprint density at radius 2 is 2.15 bits per heavy atom. The summed E-state index contributed by atoms with van der Waals surface area (Å²) < 4.78 is 0. The van der Waals surface area contributed by atoms with Gasteiger partial charge in [0.2, 0.25) is 0 Å². The zero-order valence-corrected chi connectivity index (χ0v) is 8.30. The van der Waals surface area contributed by atoms with Crippen LogP contribution >= 0.6 is 0 Å². The van der Waals surface area contributed by atoms with Crippen LogP contribution in [-0.2, 0) is 6.42 Å². The molecule has 0 aliphatic rings. The van der Waals surface area contributed by atoms with Crippen LogP contribution in [0.4, 0.5) is 5.69 Å². The molecule has 0 amide bonds. The second-order valence-corrected chi connectivity index (χ2v) is 3.17. The van der Waals surface area contributed by atoms with Crippen molar-refractivity contribution in [3.05, 3.63) is 23.8 Å². The van der Waals surface area contributed by atoms with E-state index < -0.39 is 0 Å². The molecule has 0 bridgehead atoms. The van der Waals surface area contributed by atoms with E-state index in [0.29, 0.717) is 5.75 Å². The fourth-order valence-corrected chi connectivity index (χ4v) is 1.36. The first-order chi connectivity index (χ1) is 6.29. The predicted octanol–water partition coefficient (Wildman–Crippen LogP) is 2.78. The quantitative estimate of drug-likeness (QED) is 0.696. The molecule has 0 spiro atoms. The van der Waals surface area contributed by atoms with Crippen LogP contribution in [0.25, 0.3) is 0 Å². The molecule has 0 atom stereocenters. The molecule has 0 saturated heterocycles. The summed E-state index contributed by atoms with van der Waals surface area (Å²) in [4.78, 5) is 0. The second kappa shape index (κ2) is 4.75. The van der Waals surface area contributed by atoms with Gasteiger partial charge in [0.05, 0.1) is 5.69 Å². The zero-order valence-electron chi connectivity index (χ0n) is 8.30. The SMILES string of the molecule is CCCCc1cccc(NC)c1O. The minimum atomic E-state index is 0.401. The first-order valence-corrected chi connectivity index (χ1v) is 4.78. The molecule has 0 fully saturated rings. The van der Waals surface area contributed by atoms with Crippen LogP contribution in [0.1, 0.15) is 25.3 Å². The molecule has 0 aromatic heterocycles. The molecule has 0 heterocycles. The Balaban J connectivity index is 2.81. The normalized spacial score (nSPS) is 10.0. The zero-order chi connectivity index (χ0) is 9.68. The standard InChI is InChI=1S/C11H17NO/c1-3-4-6-9-7-5-8-10(12-2)11(9)13/h5,7-8,12-13H,3-4,6H2,1-2H3. The Morgan fingerprint density at radius 1 is 1.38 bits per heavy atom. The number of phenolic OH excluding ortho intramolecular Hbond substituents is 1. The molecule has 0 saturated carbocycles. The van der Waals surface area contributed by atoms with Crippen molar-refractivity contribution >= 4 is 5.69 Å². The number of anilines is 1. The molecular weight excluding hydrogens is 162 g/mol. The lowest BCUT2D eigenvalue weighted by Crippen LogP contribution is -1.92. The van der Waals surface area contributed by atoms with E-state index in [1.807, 2.05) is 25.2 Å². The summed E-state index contributed by atoms with van der Waals surface area (Å²) in [7, 11) is 1.82. The average molecular weight is 179 g/mol. The topological polar surface area (TPSA) is 32.3 Å². The van der Waals surface area contributed by atoms with Gasteiger partial charge in [-0.25, -0.2) is 0 Å². The first kappa shape index (κ1) is 9.90. The van der Waals surface area contributed by atoms with Gasteiger partial charge in [0.25, 0.3) is 0 Å². The van der Waals surface area contributed by atoms with Crippen molar-refractivity contribution in [2.24, 2.45) is 0 Å². The van der Waals surface area contributed by atoms with Crippen LogP contribution in [0.3, 0.4) is 0 Å². The third-order valence-electron chi connectivity index (χ3n) is 2.19. The predicted molar refractivity (Wildman–Crippen MR) is 56.3 cm³/mol. The molecule has 1 aromatic carbocycles.